The van der Waals surface area contributed by atoms with E-state index in [1.165, 1.54) is 6.42 Å². The zero-order valence-corrected chi connectivity index (χ0v) is 16.1. The molecule has 1 fully saturated rings. The van der Waals surface area contributed by atoms with Crippen molar-refractivity contribution in [2.24, 2.45) is 5.92 Å². The number of hydrogen-bond donors (Lipinski definition) is 1. The Morgan fingerprint density at radius 1 is 1.14 bits per heavy atom. The highest BCUT2D eigenvalue weighted by molar-refractivity contribution is 6.08. The molecule has 28 heavy (non-hydrogen) atoms. The van der Waals surface area contributed by atoms with Gasteiger partial charge >= 0.3 is 5.97 Å². The fourth-order valence-corrected chi connectivity index (χ4v) is 4.14. The zero-order chi connectivity index (χ0) is 19.5. The number of carbonyl (C=O) groups excluding carboxylic acids is 2. The van der Waals surface area contributed by atoms with Crippen molar-refractivity contribution in [3.05, 3.63) is 48.2 Å². The average Bonchev–Trinajstić information content (AvgIpc) is 3.11. The zero-order valence-electron chi connectivity index (χ0n) is 16.1. The maximum absolute atomic E-state index is 12.3. The standard InChI is InChI=1S/C23H25NO4/c1-15-6-2-5-9-19(15)24-21(25)14-28-22(26)12-17-13-27-20-11-10-16-7-3-4-8-18(16)23(17)20/h3-4,7-8,10-11,13,15,19H,2,5-6,9,12,14H2,1H3,(H,24,25)/t15-,19-/m0/s1. The largest absolute Gasteiger partial charge is 0.464 e. The predicted molar refractivity (Wildman–Crippen MR) is 108 cm³/mol. The molecule has 2 aromatic carbocycles. The number of esters is 1. The number of amides is 1. The monoisotopic (exact) mass is 379 g/mol. The molecule has 1 N–H and O–H groups in total. The van der Waals surface area contributed by atoms with Crippen LogP contribution < -0.4 is 5.32 Å². The minimum Gasteiger partial charge on any atom is -0.464 e. The molecule has 1 aromatic heterocycles. The Balaban J connectivity index is 1.39. The Kier molecular flexibility index (Phi) is 5.33. The Morgan fingerprint density at radius 2 is 1.96 bits per heavy atom. The van der Waals surface area contributed by atoms with Crippen LogP contribution in [0.1, 0.15) is 38.2 Å². The first-order chi connectivity index (χ1) is 13.6. The van der Waals surface area contributed by atoms with E-state index in [1.54, 1.807) is 6.26 Å². The second-order valence-electron chi connectivity index (χ2n) is 7.69. The molecule has 146 valence electrons. The Labute approximate surface area is 164 Å². The molecule has 0 bridgehead atoms. The lowest BCUT2D eigenvalue weighted by molar-refractivity contribution is -0.148. The number of ether oxygens (including phenoxy) is 1. The smallest absolute Gasteiger partial charge is 0.310 e. The third-order valence-electron chi connectivity index (χ3n) is 5.70. The first-order valence-electron chi connectivity index (χ1n) is 9.94. The number of carbonyl (C=O) groups is 2. The summed E-state index contributed by atoms with van der Waals surface area (Å²) < 4.78 is 10.8. The molecule has 0 radical (unpaired) electrons. The molecule has 1 aliphatic rings. The van der Waals surface area contributed by atoms with Crippen molar-refractivity contribution in [2.75, 3.05) is 6.61 Å². The number of nitrogens with one attached hydrogen (secondary N) is 1. The summed E-state index contributed by atoms with van der Waals surface area (Å²) >= 11 is 0. The lowest BCUT2D eigenvalue weighted by atomic mass is 9.86. The Hall–Kier alpha value is -2.82. The second-order valence-corrected chi connectivity index (χ2v) is 7.69. The lowest BCUT2D eigenvalue weighted by Gasteiger charge is -2.29. The van der Waals surface area contributed by atoms with E-state index in [-0.39, 0.29) is 25.0 Å². The normalized spacial score (nSPS) is 19.6. The molecular formula is C23H25NO4. The van der Waals surface area contributed by atoms with Crippen molar-refractivity contribution < 1.29 is 18.7 Å². The van der Waals surface area contributed by atoms with Gasteiger partial charge in [-0.2, -0.15) is 0 Å². The summed E-state index contributed by atoms with van der Waals surface area (Å²) in [6, 6.07) is 12.1. The molecule has 5 heteroatoms. The van der Waals surface area contributed by atoms with Crippen LogP contribution in [0.2, 0.25) is 0 Å². The molecule has 1 amide bonds. The van der Waals surface area contributed by atoms with Gasteiger partial charge in [-0.25, -0.2) is 0 Å². The molecule has 0 saturated heterocycles. The van der Waals surface area contributed by atoms with Gasteiger partial charge < -0.3 is 14.5 Å². The van der Waals surface area contributed by atoms with Gasteiger partial charge in [0.25, 0.3) is 5.91 Å². The number of fused-ring (bicyclic) bond motifs is 3. The third-order valence-corrected chi connectivity index (χ3v) is 5.70. The first kappa shape index (κ1) is 18.5. The van der Waals surface area contributed by atoms with Crippen LogP contribution in [0.3, 0.4) is 0 Å². The van der Waals surface area contributed by atoms with Crippen LogP contribution in [0.4, 0.5) is 0 Å². The summed E-state index contributed by atoms with van der Waals surface area (Å²) in [5, 5.41) is 6.06. The van der Waals surface area contributed by atoms with E-state index in [4.69, 9.17) is 9.15 Å². The summed E-state index contributed by atoms with van der Waals surface area (Å²) in [5.74, 6) is -0.184. The SMILES string of the molecule is C[C@H]1CCCC[C@@H]1NC(=O)COC(=O)Cc1coc2ccc3ccccc3c12. The van der Waals surface area contributed by atoms with E-state index in [2.05, 4.69) is 12.2 Å². The molecule has 2 atom stereocenters. The van der Waals surface area contributed by atoms with Gasteiger partial charge in [0.1, 0.15) is 5.58 Å². The summed E-state index contributed by atoms with van der Waals surface area (Å²) in [6.45, 7) is 1.92. The summed E-state index contributed by atoms with van der Waals surface area (Å²) in [7, 11) is 0. The maximum Gasteiger partial charge on any atom is 0.310 e. The fraction of sp³-hybridized carbons (Fsp3) is 0.391. The van der Waals surface area contributed by atoms with Crippen LogP contribution in [-0.4, -0.2) is 24.5 Å². The van der Waals surface area contributed by atoms with Crippen molar-refractivity contribution in [1.29, 1.82) is 0 Å². The van der Waals surface area contributed by atoms with Gasteiger partial charge in [-0.1, -0.05) is 50.1 Å². The minimum atomic E-state index is -0.428. The van der Waals surface area contributed by atoms with Crippen molar-refractivity contribution in [3.63, 3.8) is 0 Å². The van der Waals surface area contributed by atoms with E-state index >= 15 is 0 Å². The number of benzene rings is 2. The van der Waals surface area contributed by atoms with Gasteiger partial charge in [-0.15, -0.1) is 0 Å². The van der Waals surface area contributed by atoms with Crippen LogP contribution in [0.5, 0.6) is 0 Å². The van der Waals surface area contributed by atoms with Gasteiger partial charge in [0, 0.05) is 17.0 Å². The molecule has 3 aromatic rings. The summed E-state index contributed by atoms with van der Waals surface area (Å²) in [5.41, 5.74) is 1.52. The third kappa shape index (κ3) is 3.88. The van der Waals surface area contributed by atoms with E-state index in [1.807, 2.05) is 36.4 Å². The number of furan rings is 1. The minimum absolute atomic E-state index is 0.0775. The van der Waals surface area contributed by atoms with Crippen molar-refractivity contribution in [1.82, 2.24) is 5.32 Å². The predicted octanol–water partition coefficient (Wildman–Crippen LogP) is 4.37. The van der Waals surface area contributed by atoms with Crippen LogP contribution >= 0.6 is 0 Å². The molecule has 1 aliphatic carbocycles. The van der Waals surface area contributed by atoms with Crippen molar-refractivity contribution >= 4 is 33.6 Å². The number of rotatable bonds is 5. The van der Waals surface area contributed by atoms with Crippen molar-refractivity contribution in [3.8, 4) is 0 Å². The highest BCUT2D eigenvalue weighted by atomic mass is 16.5. The topological polar surface area (TPSA) is 68.5 Å². The average molecular weight is 379 g/mol. The van der Waals surface area contributed by atoms with Crippen molar-refractivity contribution in [2.45, 2.75) is 45.1 Å². The molecule has 0 aliphatic heterocycles. The van der Waals surface area contributed by atoms with E-state index in [0.717, 1.165) is 46.6 Å². The highest BCUT2D eigenvalue weighted by Crippen LogP contribution is 2.30. The quantitative estimate of drug-likeness (QED) is 0.669. The number of hydrogen-bond acceptors (Lipinski definition) is 4. The molecule has 5 nitrogen and oxygen atoms in total. The van der Waals surface area contributed by atoms with Gasteiger partial charge in [0.05, 0.1) is 12.7 Å². The molecule has 4 rings (SSSR count). The second kappa shape index (κ2) is 8.05. The van der Waals surface area contributed by atoms with E-state index in [9.17, 15) is 9.59 Å². The van der Waals surface area contributed by atoms with E-state index < -0.39 is 5.97 Å². The summed E-state index contributed by atoms with van der Waals surface area (Å²) in [6.07, 6.45) is 6.16. The van der Waals surface area contributed by atoms with Crippen LogP contribution in [0, 0.1) is 5.92 Å². The molecule has 0 spiro atoms. The van der Waals surface area contributed by atoms with Gasteiger partial charge in [-0.3, -0.25) is 9.59 Å². The lowest BCUT2D eigenvalue weighted by Crippen LogP contribution is -2.42. The van der Waals surface area contributed by atoms with Gasteiger partial charge in [0.2, 0.25) is 0 Å². The maximum atomic E-state index is 12.3. The van der Waals surface area contributed by atoms with Gasteiger partial charge in [-0.05, 0) is 35.6 Å². The first-order valence-corrected chi connectivity index (χ1v) is 9.94. The highest BCUT2D eigenvalue weighted by Gasteiger charge is 2.23. The van der Waals surface area contributed by atoms with Crippen LogP contribution in [-0.2, 0) is 20.7 Å². The Morgan fingerprint density at radius 3 is 2.82 bits per heavy atom. The molecule has 1 heterocycles. The van der Waals surface area contributed by atoms with Crippen LogP contribution in [0.25, 0.3) is 21.7 Å². The van der Waals surface area contributed by atoms with Gasteiger partial charge in [0.15, 0.2) is 6.61 Å². The molecule has 1 saturated carbocycles. The van der Waals surface area contributed by atoms with Crippen LogP contribution in [0.15, 0.2) is 47.1 Å². The molecule has 0 unspecified atom stereocenters. The fourth-order valence-electron chi connectivity index (χ4n) is 4.14. The summed E-state index contributed by atoms with van der Waals surface area (Å²) in [4.78, 5) is 24.5. The molecular weight excluding hydrogens is 354 g/mol. The van der Waals surface area contributed by atoms with E-state index in [0.29, 0.717) is 5.92 Å². The Bertz CT molecular complexity index is 1010.